The molecule has 2 rings (SSSR count). The van der Waals surface area contributed by atoms with E-state index in [1.165, 1.54) is 5.82 Å². The van der Waals surface area contributed by atoms with Crippen molar-refractivity contribution in [1.29, 1.82) is 0 Å². The van der Waals surface area contributed by atoms with Gasteiger partial charge >= 0.3 is 0 Å². The zero-order valence-corrected chi connectivity index (χ0v) is 11.0. The van der Waals surface area contributed by atoms with E-state index in [-0.39, 0.29) is 18.1 Å². The maximum atomic E-state index is 9.31. The SMILES string of the molecule is C=P(O)(O)/C=C/C12COC(C(C)CO1)C2OC. The van der Waals surface area contributed by atoms with Gasteiger partial charge in [-0.1, -0.05) is 6.92 Å². The van der Waals surface area contributed by atoms with Crippen molar-refractivity contribution in [3.8, 4) is 0 Å². The fourth-order valence-electron chi connectivity index (χ4n) is 2.41. The van der Waals surface area contributed by atoms with E-state index in [1.54, 1.807) is 13.2 Å². The summed E-state index contributed by atoms with van der Waals surface area (Å²) < 4.78 is 16.9. The molecule has 0 radical (unpaired) electrons. The largest absolute Gasteiger partial charge is 0.375 e. The molecule has 0 aromatic carbocycles. The summed E-state index contributed by atoms with van der Waals surface area (Å²) in [6.45, 7) is 3.00. The van der Waals surface area contributed by atoms with E-state index in [0.29, 0.717) is 13.2 Å². The van der Waals surface area contributed by atoms with Crippen molar-refractivity contribution in [2.24, 2.45) is 5.92 Å². The van der Waals surface area contributed by atoms with Gasteiger partial charge in [-0.15, -0.1) is 0 Å². The van der Waals surface area contributed by atoms with E-state index in [1.807, 2.05) is 6.92 Å². The Balaban J connectivity index is 2.25. The molecule has 0 aromatic rings. The van der Waals surface area contributed by atoms with Gasteiger partial charge in [-0.3, -0.25) is 0 Å². The van der Waals surface area contributed by atoms with Crippen LogP contribution in [0.5, 0.6) is 0 Å². The van der Waals surface area contributed by atoms with Gasteiger partial charge in [0, 0.05) is 13.0 Å². The van der Waals surface area contributed by atoms with Crippen molar-refractivity contribution in [3.05, 3.63) is 11.9 Å². The smallest absolute Gasteiger partial charge is 0.138 e. The number of rotatable bonds is 3. The lowest BCUT2D eigenvalue weighted by molar-refractivity contribution is -0.139. The van der Waals surface area contributed by atoms with Crippen LogP contribution in [0, 0.1) is 5.92 Å². The monoisotopic (exact) mass is 262 g/mol. The Hall–Kier alpha value is -0.160. The van der Waals surface area contributed by atoms with Crippen LogP contribution in [-0.2, 0) is 14.2 Å². The Kier molecular flexibility index (Phi) is 3.51. The molecule has 0 saturated carbocycles. The van der Waals surface area contributed by atoms with Crippen molar-refractivity contribution in [2.45, 2.75) is 24.7 Å². The average Bonchev–Trinajstić information content (AvgIpc) is 2.53. The molecule has 2 aliphatic rings. The standard InChI is InChI=1S/C11H19O5P/c1-8-6-16-11(4-5-17(3,12)13)7-15-9(8)10(11)14-2/h4-5,8-10,12-13H,3,6-7H2,1-2H3/b5-4+. The molecule has 98 valence electrons. The van der Waals surface area contributed by atoms with Crippen molar-refractivity contribution < 1.29 is 24.0 Å². The molecular formula is C11H19O5P. The number of hydrogen-bond acceptors (Lipinski definition) is 5. The second kappa shape index (κ2) is 4.50. The quantitative estimate of drug-likeness (QED) is 0.728. The first-order valence-electron chi connectivity index (χ1n) is 5.55. The number of fused-ring (bicyclic) bond motifs is 2. The third-order valence-corrected chi connectivity index (χ3v) is 3.93. The third kappa shape index (κ3) is 2.50. The molecule has 0 aromatic heterocycles. The first-order valence-corrected chi connectivity index (χ1v) is 7.50. The summed E-state index contributed by atoms with van der Waals surface area (Å²) in [7, 11) is -1.58. The minimum Gasteiger partial charge on any atom is -0.375 e. The van der Waals surface area contributed by atoms with Gasteiger partial charge in [-0.05, 0) is 18.2 Å². The van der Waals surface area contributed by atoms with Gasteiger partial charge in [0.25, 0.3) is 0 Å². The second-order valence-electron chi connectivity index (χ2n) is 4.78. The van der Waals surface area contributed by atoms with Gasteiger partial charge in [-0.25, -0.2) is 0 Å². The predicted octanol–water partition coefficient (Wildman–Crippen LogP) is 0.583. The van der Waals surface area contributed by atoms with Crippen LogP contribution in [0.1, 0.15) is 6.92 Å². The average molecular weight is 262 g/mol. The lowest BCUT2D eigenvalue weighted by Crippen LogP contribution is -2.52. The van der Waals surface area contributed by atoms with Gasteiger partial charge in [-0.2, -0.15) is 0 Å². The molecule has 2 bridgehead atoms. The van der Waals surface area contributed by atoms with Gasteiger partial charge in [0.15, 0.2) is 0 Å². The molecular weight excluding hydrogens is 243 g/mol. The number of methoxy groups -OCH3 is 1. The molecule has 4 atom stereocenters. The van der Waals surface area contributed by atoms with Crippen LogP contribution in [0.4, 0.5) is 0 Å². The Labute approximate surface area is 101 Å². The van der Waals surface area contributed by atoms with Gasteiger partial charge in [0.1, 0.15) is 19.0 Å². The molecule has 0 spiro atoms. The lowest BCUT2D eigenvalue weighted by Gasteiger charge is -2.38. The van der Waals surface area contributed by atoms with Crippen LogP contribution in [0.25, 0.3) is 0 Å². The molecule has 2 aliphatic heterocycles. The second-order valence-corrected chi connectivity index (χ2v) is 6.65. The zero-order chi connectivity index (χ0) is 12.7. The molecule has 0 amide bonds. The van der Waals surface area contributed by atoms with E-state index < -0.39 is 12.9 Å². The highest BCUT2D eigenvalue weighted by Crippen LogP contribution is 2.43. The summed E-state index contributed by atoms with van der Waals surface area (Å²) in [5.41, 5.74) is -0.708. The maximum Gasteiger partial charge on any atom is 0.138 e. The molecule has 2 N–H and O–H groups in total. The molecule has 2 heterocycles. The summed E-state index contributed by atoms with van der Waals surface area (Å²) in [6.07, 6.45) is 4.71. The zero-order valence-electron chi connectivity index (χ0n) is 10.1. The summed E-state index contributed by atoms with van der Waals surface area (Å²) in [5, 5.41) is 0. The minimum atomic E-state index is -3.19. The molecule has 5 nitrogen and oxygen atoms in total. The Morgan fingerprint density at radius 1 is 1.53 bits per heavy atom. The van der Waals surface area contributed by atoms with Crippen molar-refractivity contribution in [1.82, 2.24) is 0 Å². The fraction of sp³-hybridized carbons (Fsp3) is 0.727. The summed E-state index contributed by atoms with van der Waals surface area (Å²) in [4.78, 5) is 18.6. The van der Waals surface area contributed by atoms with E-state index in [0.717, 1.165) is 0 Å². The van der Waals surface area contributed by atoms with Crippen LogP contribution in [0.2, 0.25) is 0 Å². The Morgan fingerprint density at radius 2 is 2.24 bits per heavy atom. The van der Waals surface area contributed by atoms with Crippen molar-refractivity contribution in [3.63, 3.8) is 0 Å². The van der Waals surface area contributed by atoms with Crippen LogP contribution in [0.15, 0.2) is 11.9 Å². The van der Waals surface area contributed by atoms with Gasteiger partial charge < -0.3 is 24.0 Å². The molecule has 2 saturated heterocycles. The Morgan fingerprint density at radius 3 is 2.82 bits per heavy atom. The molecule has 17 heavy (non-hydrogen) atoms. The maximum absolute atomic E-state index is 9.31. The Bertz CT molecular complexity index is 363. The summed E-state index contributed by atoms with van der Waals surface area (Å²) in [5.74, 6) is 1.58. The fourth-order valence-corrected chi connectivity index (χ4v) is 2.90. The van der Waals surface area contributed by atoms with Gasteiger partial charge in [0.2, 0.25) is 0 Å². The predicted molar refractivity (Wildman–Crippen MR) is 66.0 cm³/mol. The van der Waals surface area contributed by atoms with Crippen LogP contribution < -0.4 is 0 Å². The third-order valence-electron chi connectivity index (χ3n) is 3.31. The topological polar surface area (TPSA) is 68.2 Å². The van der Waals surface area contributed by atoms with E-state index in [4.69, 9.17) is 14.2 Å². The van der Waals surface area contributed by atoms with Crippen molar-refractivity contribution >= 4 is 13.6 Å². The summed E-state index contributed by atoms with van der Waals surface area (Å²) in [6, 6.07) is 0. The highest BCUT2D eigenvalue weighted by atomic mass is 31.2. The van der Waals surface area contributed by atoms with E-state index in [9.17, 15) is 9.79 Å². The number of ether oxygens (including phenoxy) is 3. The minimum absolute atomic E-state index is 0.00617. The van der Waals surface area contributed by atoms with E-state index in [2.05, 4.69) is 6.30 Å². The summed E-state index contributed by atoms with van der Waals surface area (Å²) >= 11 is 0. The van der Waals surface area contributed by atoms with Crippen LogP contribution in [-0.4, -0.2) is 54.2 Å². The van der Waals surface area contributed by atoms with Crippen molar-refractivity contribution in [2.75, 3.05) is 20.3 Å². The lowest BCUT2D eigenvalue weighted by atomic mass is 9.87. The normalized spacial score (nSPS) is 42.2. The number of hydrogen-bond donors (Lipinski definition) is 2. The van der Waals surface area contributed by atoms with Crippen LogP contribution in [0.3, 0.4) is 0 Å². The molecule has 6 heteroatoms. The van der Waals surface area contributed by atoms with E-state index >= 15 is 0 Å². The van der Waals surface area contributed by atoms with Gasteiger partial charge in [0.05, 0.1) is 19.3 Å². The van der Waals surface area contributed by atoms with Crippen LogP contribution >= 0.6 is 7.34 Å². The molecule has 2 fully saturated rings. The highest BCUT2D eigenvalue weighted by Gasteiger charge is 2.55. The molecule has 0 aliphatic carbocycles. The first-order chi connectivity index (χ1) is 7.88. The molecule has 4 unspecified atom stereocenters. The highest BCUT2D eigenvalue weighted by molar-refractivity contribution is 7.65. The first kappa shape index (κ1) is 13.3.